The number of nitrogens with zero attached hydrogens (tertiary/aromatic N) is 3. The van der Waals surface area contributed by atoms with Gasteiger partial charge in [-0.15, -0.1) is 0 Å². The van der Waals surface area contributed by atoms with Crippen LogP contribution in [0.15, 0.2) is 42.7 Å². The number of para-hydroxylation sites is 1. The summed E-state index contributed by atoms with van der Waals surface area (Å²) in [7, 11) is 0. The number of anilines is 3. The van der Waals surface area contributed by atoms with Gasteiger partial charge in [0.25, 0.3) is 0 Å². The molecule has 0 aliphatic rings. The molecule has 0 bridgehead atoms. The second-order valence-electron chi connectivity index (χ2n) is 4.14. The minimum absolute atomic E-state index is 0.498. The molecule has 0 saturated heterocycles. The maximum Gasteiger partial charge on any atom is 0.138 e. The summed E-state index contributed by atoms with van der Waals surface area (Å²) >= 11 is 0. The average Bonchev–Trinajstić information content (AvgIpc) is 2.40. The van der Waals surface area contributed by atoms with Gasteiger partial charge in [0.05, 0.1) is 0 Å². The molecule has 0 amide bonds. The maximum atomic E-state index is 5.73. The van der Waals surface area contributed by atoms with Crippen LogP contribution in [0.1, 0.15) is 19.8 Å². The molecule has 1 aromatic carbocycles. The molecule has 0 radical (unpaired) electrons. The summed E-state index contributed by atoms with van der Waals surface area (Å²) in [6.07, 6.45) is 3.76. The number of rotatable bonds is 5. The fourth-order valence-electron chi connectivity index (χ4n) is 1.81. The Morgan fingerprint density at radius 2 is 1.94 bits per heavy atom. The third-order valence-electron chi connectivity index (χ3n) is 2.75. The lowest BCUT2D eigenvalue weighted by molar-refractivity contribution is 0.778. The van der Waals surface area contributed by atoms with E-state index in [4.69, 9.17) is 5.73 Å². The topological polar surface area (TPSA) is 55.0 Å². The fourth-order valence-corrected chi connectivity index (χ4v) is 1.81. The summed E-state index contributed by atoms with van der Waals surface area (Å²) in [5.74, 6) is 1.35. The summed E-state index contributed by atoms with van der Waals surface area (Å²) in [6, 6.07) is 12.0. The molecule has 2 rings (SSSR count). The summed E-state index contributed by atoms with van der Waals surface area (Å²) in [5, 5.41) is 0. The first-order chi connectivity index (χ1) is 8.81. The molecular weight excluding hydrogens is 224 g/mol. The number of benzene rings is 1. The molecule has 0 unspecified atom stereocenters. The van der Waals surface area contributed by atoms with Crippen molar-refractivity contribution in [1.29, 1.82) is 0 Å². The summed E-state index contributed by atoms with van der Waals surface area (Å²) in [5.41, 5.74) is 6.85. The van der Waals surface area contributed by atoms with E-state index in [1.54, 1.807) is 0 Å². The van der Waals surface area contributed by atoms with Crippen LogP contribution in [0.2, 0.25) is 0 Å². The van der Waals surface area contributed by atoms with Crippen LogP contribution in [0.25, 0.3) is 0 Å². The molecule has 0 saturated carbocycles. The quantitative estimate of drug-likeness (QED) is 0.875. The molecular formula is C14H18N4. The van der Waals surface area contributed by atoms with Crippen molar-refractivity contribution in [3.8, 4) is 0 Å². The van der Waals surface area contributed by atoms with Crippen LogP contribution in [0.4, 0.5) is 17.3 Å². The second-order valence-corrected chi connectivity index (χ2v) is 4.14. The first-order valence-electron chi connectivity index (χ1n) is 6.21. The molecule has 94 valence electrons. The van der Waals surface area contributed by atoms with E-state index in [2.05, 4.69) is 33.9 Å². The van der Waals surface area contributed by atoms with Crippen molar-refractivity contribution in [3.05, 3.63) is 42.7 Å². The molecule has 0 spiro atoms. The standard InChI is InChI=1S/C14H18N4/c1-2-3-9-18(12-7-5-4-6-8-12)14-10-13(15)16-11-17-14/h4-8,10-11H,2-3,9H2,1H3,(H2,15,16,17). The van der Waals surface area contributed by atoms with Gasteiger partial charge in [-0.2, -0.15) is 0 Å². The van der Waals surface area contributed by atoms with Gasteiger partial charge < -0.3 is 10.6 Å². The Labute approximate surface area is 107 Å². The van der Waals surface area contributed by atoms with Crippen molar-refractivity contribution in [2.24, 2.45) is 0 Å². The van der Waals surface area contributed by atoms with E-state index in [1.807, 2.05) is 24.3 Å². The first-order valence-corrected chi connectivity index (χ1v) is 6.21. The van der Waals surface area contributed by atoms with Crippen LogP contribution in [-0.2, 0) is 0 Å². The van der Waals surface area contributed by atoms with Gasteiger partial charge in [-0.3, -0.25) is 0 Å². The van der Waals surface area contributed by atoms with Crippen molar-refractivity contribution < 1.29 is 0 Å². The number of nitrogen functional groups attached to an aromatic ring is 1. The predicted molar refractivity (Wildman–Crippen MR) is 74.8 cm³/mol. The number of hydrogen-bond donors (Lipinski definition) is 1. The zero-order valence-corrected chi connectivity index (χ0v) is 10.6. The Hall–Kier alpha value is -2.10. The molecule has 2 aromatic rings. The smallest absolute Gasteiger partial charge is 0.138 e. The van der Waals surface area contributed by atoms with Crippen LogP contribution in [0, 0.1) is 0 Å². The number of aromatic nitrogens is 2. The van der Waals surface area contributed by atoms with Crippen molar-refractivity contribution in [2.45, 2.75) is 19.8 Å². The van der Waals surface area contributed by atoms with Gasteiger partial charge >= 0.3 is 0 Å². The lowest BCUT2D eigenvalue weighted by atomic mass is 10.2. The Kier molecular flexibility index (Phi) is 4.12. The van der Waals surface area contributed by atoms with E-state index in [1.165, 1.54) is 6.33 Å². The largest absolute Gasteiger partial charge is 0.384 e. The van der Waals surface area contributed by atoms with Gasteiger partial charge in [0, 0.05) is 18.3 Å². The number of nitrogens with two attached hydrogens (primary N) is 1. The summed E-state index contributed by atoms with van der Waals surface area (Å²) in [4.78, 5) is 10.4. The molecule has 1 heterocycles. The number of hydrogen-bond acceptors (Lipinski definition) is 4. The molecule has 0 fully saturated rings. The highest BCUT2D eigenvalue weighted by atomic mass is 15.2. The molecule has 0 aliphatic heterocycles. The minimum Gasteiger partial charge on any atom is -0.384 e. The zero-order valence-electron chi connectivity index (χ0n) is 10.6. The summed E-state index contributed by atoms with van der Waals surface area (Å²) in [6.45, 7) is 3.11. The van der Waals surface area contributed by atoms with Crippen LogP contribution < -0.4 is 10.6 Å². The molecule has 18 heavy (non-hydrogen) atoms. The Morgan fingerprint density at radius 3 is 2.61 bits per heavy atom. The number of unbranched alkanes of at least 4 members (excludes halogenated alkanes) is 1. The summed E-state index contributed by atoms with van der Waals surface area (Å²) < 4.78 is 0. The fraction of sp³-hybridized carbons (Fsp3) is 0.286. The molecule has 4 nitrogen and oxygen atoms in total. The second kappa shape index (κ2) is 6.00. The Balaban J connectivity index is 2.31. The van der Waals surface area contributed by atoms with Crippen LogP contribution in [-0.4, -0.2) is 16.5 Å². The third kappa shape index (κ3) is 2.97. The highest BCUT2D eigenvalue weighted by molar-refractivity contribution is 5.61. The van der Waals surface area contributed by atoms with Crippen molar-refractivity contribution >= 4 is 17.3 Å². The molecule has 1 aromatic heterocycles. The van der Waals surface area contributed by atoms with E-state index >= 15 is 0 Å². The predicted octanol–water partition coefficient (Wildman–Crippen LogP) is 3.00. The van der Waals surface area contributed by atoms with E-state index in [0.29, 0.717) is 5.82 Å². The molecule has 0 aliphatic carbocycles. The monoisotopic (exact) mass is 242 g/mol. The third-order valence-corrected chi connectivity index (χ3v) is 2.75. The van der Waals surface area contributed by atoms with Crippen molar-refractivity contribution in [2.75, 3.05) is 17.2 Å². The lowest BCUT2D eigenvalue weighted by Crippen LogP contribution is -2.19. The maximum absolute atomic E-state index is 5.73. The molecule has 4 heteroatoms. The van der Waals surface area contributed by atoms with Gasteiger partial charge in [-0.1, -0.05) is 31.5 Å². The van der Waals surface area contributed by atoms with Gasteiger partial charge in [0.1, 0.15) is 18.0 Å². The zero-order chi connectivity index (χ0) is 12.8. The van der Waals surface area contributed by atoms with E-state index in [9.17, 15) is 0 Å². The van der Waals surface area contributed by atoms with E-state index in [0.717, 1.165) is 30.9 Å². The molecule has 0 atom stereocenters. The Bertz CT molecular complexity index is 484. The highest BCUT2D eigenvalue weighted by Gasteiger charge is 2.10. The van der Waals surface area contributed by atoms with Crippen molar-refractivity contribution in [1.82, 2.24) is 9.97 Å². The normalized spacial score (nSPS) is 10.3. The van der Waals surface area contributed by atoms with Gasteiger partial charge in [0.15, 0.2) is 0 Å². The van der Waals surface area contributed by atoms with E-state index in [-0.39, 0.29) is 0 Å². The van der Waals surface area contributed by atoms with Gasteiger partial charge in [0.2, 0.25) is 0 Å². The van der Waals surface area contributed by atoms with Gasteiger partial charge in [-0.05, 0) is 18.6 Å². The first kappa shape index (κ1) is 12.4. The Morgan fingerprint density at radius 1 is 1.17 bits per heavy atom. The molecule has 2 N–H and O–H groups in total. The van der Waals surface area contributed by atoms with Crippen LogP contribution in [0.3, 0.4) is 0 Å². The average molecular weight is 242 g/mol. The van der Waals surface area contributed by atoms with Crippen LogP contribution >= 0.6 is 0 Å². The highest BCUT2D eigenvalue weighted by Crippen LogP contribution is 2.24. The van der Waals surface area contributed by atoms with Gasteiger partial charge in [-0.25, -0.2) is 9.97 Å². The van der Waals surface area contributed by atoms with Crippen LogP contribution in [0.5, 0.6) is 0 Å². The lowest BCUT2D eigenvalue weighted by Gasteiger charge is -2.23. The SMILES string of the molecule is CCCCN(c1ccccc1)c1cc(N)ncn1. The van der Waals surface area contributed by atoms with Crippen molar-refractivity contribution in [3.63, 3.8) is 0 Å². The van der Waals surface area contributed by atoms with E-state index < -0.39 is 0 Å². The minimum atomic E-state index is 0.498.